The summed E-state index contributed by atoms with van der Waals surface area (Å²) in [7, 11) is 0. The van der Waals surface area contributed by atoms with Crippen LogP contribution in [0.15, 0.2) is 11.6 Å². The summed E-state index contributed by atoms with van der Waals surface area (Å²) in [5.74, 6) is 5.19. The van der Waals surface area contributed by atoms with Crippen molar-refractivity contribution < 1.29 is 0 Å². The highest BCUT2D eigenvalue weighted by atomic mass is 14.5. The van der Waals surface area contributed by atoms with Crippen LogP contribution in [0.1, 0.15) is 45.4 Å². The van der Waals surface area contributed by atoms with Crippen LogP contribution in [0.25, 0.3) is 0 Å². The molecule has 0 saturated heterocycles. The van der Waals surface area contributed by atoms with Gasteiger partial charge in [-0.15, -0.1) is 0 Å². The number of rotatable bonds is 3. The van der Waals surface area contributed by atoms with Gasteiger partial charge in [-0.2, -0.15) is 0 Å². The first-order chi connectivity index (χ1) is 7.78. The Bertz CT molecular complexity index is 264. The summed E-state index contributed by atoms with van der Waals surface area (Å²) in [6.45, 7) is 3.17. The van der Waals surface area contributed by atoms with E-state index in [0.29, 0.717) is 0 Å². The van der Waals surface area contributed by atoms with E-state index in [1.54, 1.807) is 12.0 Å². The molecule has 0 radical (unpaired) electrons. The third kappa shape index (κ3) is 1.73. The zero-order chi connectivity index (χ0) is 11.1. The van der Waals surface area contributed by atoms with Crippen LogP contribution in [0.2, 0.25) is 0 Å². The molecule has 16 heavy (non-hydrogen) atoms. The van der Waals surface area contributed by atoms with Crippen molar-refractivity contribution in [2.75, 3.05) is 6.54 Å². The van der Waals surface area contributed by atoms with Gasteiger partial charge in [-0.1, -0.05) is 11.6 Å². The summed E-state index contributed by atoms with van der Waals surface area (Å²) in [6, 6.07) is 0. The molecule has 0 unspecified atom stereocenters. The van der Waals surface area contributed by atoms with Crippen LogP contribution in [-0.4, -0.2) is 6.54 Å². The van der Waals surface area contributed by atoms with E-state index >= 15 is 0 Å². The van der Waals surface area contributed by atoms with Crippen LogP contribution < -0.4 is 5.73 Å². The summed E-state index contributed by atoms with van der Waals surface area (Å²) in [5, 5.41) is 0. The highest BCUT2D eigenvalue weighted by Gasteiger charge is 2.48. The van der Waals surface area contributed by atoms with E-state index in [9.17, 15) is 0 Å². The van der Waals surface area contributed by atoms with Gasteiger partial charge >= 0.3 is 0 Å². The average molecular weight is 219 g/mol. The van der Waals surface area contributed by atoms with Gasteiger partial charge in [0.1, 0.15) is 0 Å². The highest BCUT2D eigenvalue weighted by molar-refractivity contribution is 5.13. The first-order valence-corrected chi connectivity index (χ1v) is 7.14. The van der Waals surface area contributed by atoms with Crippen molar-refractivity contribution in [2.24, 2.45) is 35.3 Å². The van der Waals surface area contributed by atoms with Gasteiger partial charge in [0.25, 0.3) is 0 Å². The Morgan fingerprint density at radius 3 is 2.12 bits per heavy atom. The summed E-state index contributed by atoms with van der Waals surface area (Å²) in [5.41, 5.74) is 7.27. The lowest BCUT2D eigenvalue weighted by Crippen LogP contribution is -2.45. The maximum atomic E-state index is 5.61. The Labute approximate surface area is 99.5 Å². The predicted octanol–water partition coefficient (Wildman–Crippen LogP) is 3.35. The fourth-order valence-electron chi connectivity index (χ4n) is 5.12. The van der Waals surface area contributed by atoms with Gasteiger partial charge in [0.15, 0.2) is 0 Å². The Balaban J connectivity index is 1.76. The molecule has 4 fully saturated rings. The minimum Gasteiger partial charge on any atom is -0.330 e. The molecule has 4 aliphatic carbocycles. The van der Waals surface area contributed by atoms with Gasteiger partial charge in [-0.25, -0.2) is 0 Å². The van der Waals surface area contributed by atoms with E-state index in [1.807, 2.05) is 0 Å². The molecule has 1 heteroatoms. The third-order valence-electron chi connectivity index (χ3n) is 5.39. The molecule has 1 nitrogen and oxygen atoms in total. The van der Waals surface area contributed by atoms with E-state index in [1.165, 1.54) is 25.7 Å². The van der Waals surface area contributed by atoms with E-state index in [2.05, 4.69) is 13.0 Å². The molecule has 0 spiro atoms. The molecule has 0 aromatic heterocycles. The zero-order valence-corrected chi connectivity index (χ0v) is 10.5. The maximum Gasteiger partial charge on any atom is -0.00425 e. The number of allylic oxidation sites excluding steroid dienone is 1. The molecular weight excluding hydrogens is 194 g/mol. The van der Waals surface area contributed by atoms with Gasteiger partial charge < -0.3 is 5.73 Å². The van der Waals surface area contributed by atoms with E-state index in [-0.39, 0.29) is 0 Å². The predicted molar refractivity (Wildman–Crippen MR) is 68.0 cm³/mol. The summed E-state index contributed by atoms with van der Waals surface area (Å²) < 4.78 is 0. The second-order valence-electron chi connectivity index (χ2n) is 6.48. The topological polar surface area (TPSA) is 26.0 Å². The van der Waals surface area contributed by atoms with Crippen LogP contribution >= 0.6 is 0 Å². The number of hydrogen-bond acceptors (Lipinski definition) is 1. The van der Waals surface area contributed by atoms with Crippen molar-refractivity contribution in [3.63, 3.8) is 0 Å². The molecule has 4 aliphatic rings. The zero-order valence-electron chi connectivity index (χ0n) is 10.5. The van der Waals surface area contributed by atoms with Gasteiger partial charge in [-0.3, -0.25) is 0 Å². The van der Waals surface area contributed by atoms with Crippen LogP contribution in [0.5, 0.6) is 0 Å². The van der Waals surface area contributed by atoms with Gasteiger partial charge in [0, 0.05) is 0 Å². The normalized spacial score (nSPS) is 46.4. The number of nitrogens with two attached hydrogens (primary N) is 1. The Kier molecular flexibility index (Phi) is 2.83. The molecule has 0 aromatic rings. The minimum atomic E-state index is 0.810. The minimum absolute atomic E-state index is 0.810. The molecule has 0 aliphatic heterocycles. The molecule has 0 atom stereocenters. The lowest BCUT2D eigenvalue weighted by Gasteiger charge is -2.55. The summed E-state index contributed by atoms with van der Waals surface area (Å²) >= 11 is 0. The molecule has 90 valence electrons. The Morgan fingerprint density at radius 2 is 1.62 bits per heavy atom. The van der Waals surface area contributed by atoms with Gasteiger partial charge in [0.2, 0.25) is 0 Å². The van der Waals surface area contributed by atoms with Crippen LogP contribution in [0.4, 0.5) is 0 Å². The molecule has 4 bridgehead atoms. The molecule has 4 rings (SSSR count). The van der Waals surface area contributed by atoms with Crippen molar-refractivity contribution in [2.45, 2.75) is 45.4 Å². The van der Waals surface area contributed by atoms with Crippen LogP contribution in [-0.2, 0) is 0 Å². The third-order valence-corrected chi connectivity index (χ3v) is 5.39. The fraction of sp³-hybridized carbons (Fsp3) is 0.867. The molecule has 2 N–H and O–H groups in total. The maximum absolute atomic E-state index is 5.61. The first kappa shape index (κ1) is 10.8. The number of hydrogen-bond donors (Lipinski definition) is 1. The van der Waals surface area contributed by atoms with E-state index in [4.69, 9.17) is 5.73 Å². The molecule has 4 saturated carbocycles. The van der Waals surface area contributed by atoms with Crippen LogP contribution in [0, 0.1) is 29.6 Å². The van der Waals surface area contributed by atoms with Crippen molar-refractivity contribution in [1.82, 2.24) is 0 Å². The second-order valence-corrected chi connectivity index (χ2v) is 6.48. The molecule has 0 amide bonds. The lowest BCUT2D eigenvalue weighted by atomic mass is 9.50. The average Bonchev–Trinajstić information content (AvgIpc) is 2.24. The molecule has 0 heterocycles. The SMILES string of the molecule is C/C(=C\CCN)C1C2CC3CC(C2)CC1C3. The van der Waals surface area contributed by atoms with Crippen molar-refractivity contribution >= 4 is 0 Å². The Morgan fingerprint density at radius 1 is 1.06 bits per heavy atom. The van der Waals surface area contributed by atoms with Crippen molar-refractivity contribution in [3.05, 3.63) is 11.6 Å². The Hall–Kier alpha value is -0.300. The van der Waals surface area contributed by atoms with Gasteiger partial charge in [0.05, 0.1) is 0 Å². The lowest BCUT2D eigenvalue weighted by molar-refractivity contribution is -0.0208. The van der Waals surface area contributed by atoms with Crippen LogP contribution in [0.3, 0.4) is 0 Å². The standard InChI is InChI=1S/C15H25N/c1-10(3-2-4-16)15-13-6-11-5-12(8-13)9-14(15)7-11/h3,11-15H,2,4-9,16H2,1H3/b10-3+. The van der Waals surface area contributed by atoms with Crippen molar-refractivity contribution in [1.29, 1.82) is 0 Å². The molecular formula is C15H25N. The first-order valence-electron chi connectivity index (χ1n) is 7.14. The smallest absolute Gasteiger partial charge is 0.00425 e. The molecule has 0 aromatic carbocycles. The fourth-order valence-corrected chi connectivity index (χ4v) is 5.12. The van der Waals surface area contributed by atoms with E-state index < -0.39 is 0 Å². The quantitative estimate of drug-likeness (QED) is 0.724. The summed E-state index contributed by atoms with van der Waals surface area (Å²) in [6.07, 6.45) is 11.2. The summed E-state index contributed by atoms with van der Waals surface area (Å²) in [4.78, 5) is 0. The largest absolute Gasteiger partial charge is 0.330 e. The monoisotopic (exact) mass is 219 g/mol. The van der Waals surface area contributed by atoms with Gasteiger partial charge in [-0.05, 0) is 81.6 Å². The highest BCUT2D eigenvalue weighted by Crippen LogP contribution is 2.58. The van der Waals surface area contributed by atoms with E-state index in [0.717, 1.165) is 42.6 Å². The second kappa shape index (κ2) is 4.18. The van der Waals surface area contributed by atoms with Crippen molar-refractivity contribution in [3.8, 4) is 0 Å².